The van der Waals surface area contributed by atoms with E-state index in [9.17, 15) is 10.1 Å². The van der Waals surface area contributed by atoms with E-state index in [1.807, 2.05) is 4.90 Å². The topological polar surface area (TPSA) is 94.5 Å². The largest absolute Gasteiger partial charge is 0.373 e. The van der Waals surface area contributed by atoms with Gasteiger partial charge in [-0.05, 0) is 13.0 Å². The van der Waals surface area contributed by atoms with Gasteiger partial charge in [0, 0.05) is 31.4 Å². The second kappa shape index (κ2) is 5.28. The zero-order chi connectivity index (χ0) is 13.1. The third kappa shape index (κ3) is 2.41. The van der Waals surface area contributed by atoms with Crippen LogP contribution in [0, 0.1) is 17.0 Å². The first-order valence-corrected chi connectivity index (χ1v) is 5.80. The van der Waals surface area contributed by atoms with Crippen molar-refractivity contribution in [3.8, 4) is 0 Å². The standard InChI is InChI=1S/C11H16N4O3/c1-8-2-3-13-11(10(8)15(16)17)14-4-5-18-9(6-12)7-14/h2-3,9H,4-7,12H2,1H3. The lowest BCUT2D eigenvalue weighted by molar-refractivity contribution is -0.384. The molecule has 7 nitrogen and oxygen atoms in total. The van der Waals surface area contributed by atoms with Gasteiger partial charge in [0.2, 0.25) is 5.82 Å². The SMILES string of the molecule is Cc1ccnc(N2CCOC(CN)C2)c1[N+](=O)[O-]. The Bertz CT molecular complexity index is 452. The Kier molecular flexibility index (Phi) is 3.73. The molecule has 0 aliphatic carbocycles. The van der Waals surface area contributed by atoms with Crippen LogP contribution in [-0.2, 0) is 4.74 Å². The fourth-order valence-electron chi connectivity index (χ4n) is 2.05. The second-order valence-electron chi connectivity index (χ2n) is 4.23. The lowest BCUT2D eigenvalue weighted by Crippen LogP contribution is -2.46. The molecule has 2 rings (SSSR count). The molecule has 2 N–H and O–H groups in total. The van der Waals surface area contributed by atoms with Crippen molar-refractivity contribution in [3.63, 3.8) is 0 Å². The van der Waals surface area contributed by atoms with E-state index in [1.165, 1.54) is 0 Å². The molecule has 2 heterocycles. The summed E-state index contributed by atoms with van der Waals surface area (Å²) in [6, 6.07) is 1.64. The van der Waals surface area contributed by atoms with Crippen molar-refractivity contribution in [3.05, 3.63) is 27.9 Å². The van der Waals surface area contributed by atoms with Crippen molar-refractivity contribution in [1.29, 1.82) is 0 Å². The van der Waals surface area contributed by atoms with E-state index >= 15 is 0 Å². The Morgan fingerprint density at radius 1 is 1.72 bits per heavy atom. The van der Waals surface area contributed by atoms with Crippen LogP contribution in [0.1, 0.15) is 5.56 Å². The maximum absolute atomic E-state index is 11.1. The number of ether oxygens (including phenoxy) is 1. The molecule has 98 valence electrons. The Morgan fingerprint density at radius 2 is 2.50 bits per heavy atom. The van der Waals surface area contributed by atoms with Crippen molar-refractivity contribution in [2.24, 2.45) is 5.73 Å². The molecule has 18 heavy (non-hydrogen) atoms. The first kappa shape index (κ1) is 12.7. The second-order valence-corrected chi connectivity index (χ2v) is 4.23. The summed E-state index contributed by atoms with van der Waals surface area (Å²) < 4.78 is 5.45. The summed E-state index contributed by atoms with van der Waals surface area (Å²) in [6.07, 6.45) is 1.49. The van der Waals surface area contributed by atoms with E-state index < -0.39 is 0 Å². The highest BCUT2D eigenvalue weighted by Gasteiger charge is 2.27. The molecular weight excluding hydrogens is 236 g/mol. The Balaban J connectivity index is 2.32. The molecule has 1 saturated heterocycles. The molecule has 0 spiro atoms. The van der Waals surface area contributed by atoms with E-state index in [1.54, 1.807) is 19.2 Å². The predicted octanol–water partition coefficient (Wildman–Crippen LogP) is 0.462. The molecule has 0 amide bonds. The number of nitro groups is 1. The molecule has 1 aliphatic heterocycles. The number of aromatic nitrogens is 1. The zero-order valence-electron chi connectivity index (χ0n) is 10.2. The maximum Gasteiger partial charge on any atom is 0.314 e. The quantitative estimate of drug-likeness (QED) is 0.620. The van der Waals surface area contributed by atoms with Gasteiger partial charge in [-0.2, -0.15) is 0 Å². The summed E-state index contributed by atoms with van der Waals surface area (Å²) in [7, 11) is 0. The van der Waals surface area contributed by atoms with Crippen LogP contribution in [0.2, 0.25) is 0 Å². The minimum atomic E-state index is -0.384. The van der Waals surface area contributed by atoms with E-state index in [0.717, 1.165) is 0 Å². The van der Waals surface area contributed by atoms with Crippen LogP contribution in [0.25, 0.3) is 0 Å². The van der Waals surface area contributed by atoms with Crippen LogP contribution in [0.4, 0.5) is 11.5 Å². The minimum absolute atomic E-state index is 0.0650. The summed E-state index contributed by atoms with van der Waals surface area (Å²) in [5, 5.41) is 11.1. The van der Waals surface area contributed by atoms with Crippen molar-refractivity contribution in [1.82, 2.24) is 4.98 Å². The van der Waals surface area contributed by atoms with Gasteiger partial charge in [0.25, 0.3) is 0 Å². The van der Waals surface area contributed by atoms with Crippen LogP contribution in [-0.4, -0.2) is 42.3 Å². The third-order valence-electron chi connectivity index (χ3n) is 2.99. The Hall–Kier alpha value is -1.73. The summed E-state index contributed by atoms with van der Waals surface area (Å²) in [5.41, 5.74) is 6.24. The number of rotatable bonds is 3. The first-order valence-electron chi connectivity index (χ1n) is 5.80. The molecule has 1 aromatic heterocycles. The van der Waals surface area contributed by atoms with E-state index in [-0.39, 0.29) is 16.7 Å². The van der Waals surface area contributed by atoms with Gasteiger partial charge in [-0.15, -0.1) is 0 Å². The molecule has 0 aromatic carbocycles. The number of aryl methyl sites for hydroxylation is 1. The highest BCUT2D eigenvalue weighted by atomic mass is 16.6. The van der Waals surface area contributed by atoms with Gasteiger partial charge >= 0.3 is 5.69 Å². The maximum atomic E-state index is 11.1. The first-order chi connectivity index (χ1) is 8.63. The van der Waals surface area contributed by atoms with Crippen LogP contribution < -0.4 is 10.6 Å². The summed E-state index contributed by atoms with van der Waals surface area (Å²) in [6.45, 7) is 3.75. The average Bonchev–Trinajstić information content (AvgIpc) is 2.38. The summed E-state index contributed by atoms with van der Waals surface area (Å²) in [4.78, 5) is 16.7. The summed E-state index contributed by atoms with van der Waals surface area (Å²) >= 11 is 0. The molecular formula is C11H16N4O3. The monoisotopic (exact) mass is 252 g/mol. The molecule has 1 aromatic rings. The Labute approximate surface area is 105 Å². The molecule has 1 atom stereocenters. The van der Waals surface area contributed by atoms with Crippen LogP contribution in [0.3, 0.4) is 0 Å². The van der Waals surface area contributed by atoms with E-state index in [0.29, 0.717) is 37.6 Å². The van der Waals surface area contributed by atoms with Gasteiger partial charge in [0.1, 0.15) is 0 Å². The normalized spacial score (nSPS) is 19.9. The van der Waals surface area contributed by atoms with Gasteiger partial charge in [-0.3, -0.25) is 10.1 Å². The van der Waals surface area contributed by atoms with Crippen LogP contribution in [0.15, 0.2) is 12.3 Å². The van der Waals surface area contributed by atoms with Crippen molar-refractivity contribution >= 4 is 11.5 Å². The van der Waals surface area contributed by atoms with Crippen molar-refractivity contribution in [2.75, 3.05) is 31.1 Å². The van der Waals surface area contributed by atoms with E-state index in [2.05, 4.69) is 4.98 Å². The number of hydrogen-bond acceptors (Lipinski definition) is 6. The average molecular weight is 252 g/mol. The van der Waals surface area contributed by atoms with Gasteiger partial charge in [-0.1, -0.05) is 0 Å². The van der Waals surface area contributed by atoms with Gasteiger partial charge in [0.15, 0.2) is 0 Å². The van der Waals surface area contributed by atoms with Gasteiger partial charge < -0.3 is 15.4 Å². The smallest absolute Gasteiger partial charge is 0.314 e. The number of pyridine rings is 1. The lowest BCUT2D eigenvalue weighted by atomic mass is 10.2. The summed E-state index contributed by atoms with van der Waals surface area (Å²) in [5.74, 6) is 0.404. The van der Waals surface area contributed by atoms with E-state index in [4.69, 9.17) is 10.5 Å². The number of morpholine rings is 1. The molecule has 1 aliphatic rings. The zero-order valence-corrected chi connectivity index (χ0v) is 10.2. The van der Waals surface area contributed by atoms with Crippen LogP contribution in [0.5, 0.6) is 0 Å². The van der Waals surface area contributed by atoms with Gasteiger partial charge in [-0.25, -0.2) is 4.98 Å². The highest BCUT2D eigenvalue weighted by molar-refractivity contribution is 5.61. The van der Waals surface area contributed by atoms with Crippen LogP contribution >= 0.6 is 0 Å². The third-order valence-corrected chi connectivity index (χ3v) is 2.99. The fourth-order valence-corrected chi connectivity index (χ4v) is 2.05. The number of nitrogens with zero attached hydrogens (tertiary/aromatic N) is 3. The molecule has 1 fully saturated rings. The molecule has 0 radical (unpaired) electrons. The minimum Gasteiger partial charge on any atom is -0.373 e. The molecule has 0 bridgehead atoms. The molecule has 7 heteroatoms. The fraction of sp³-hybridized carbons (Fsp3) is 0.545. The number of anilines is 1. The lowest BCUT2D eigenvalue weighted by Gasteiger charge is -2.32. The molecule has 1 unspecified atom stereocenters. The molecule has 0 saturated carbocycles. The van der Waals surface area contributed by atoms with Crippen molar-refractivity contribution < 1.29 is 9.66 Å². The highest BCUT2D eigenvalue weighted by Crippen LogP contribution is 2.29. The predicted molar refractivity (Wildman–Crippen MR) is 66.6 cm³/mol. The number of nitrogens with two attached hydrogens (primary N) is 1. The Morgan fingerprint density at radius 3 is 3.17 bits per heavy atom. The van der Waals surface area contributed by atoms with Gasteiger partial charge in [0.05, 0.1) is 17.6 Å². The number of hydrogen-bond donors (Lipinski definition) is 1. The van der Waals surface area contributed by atoms with Crippen molar-refractivity contribution in [2.45, 2.75) is 13.0 Å².